The average Bonchev–Trinajstić information content (AvgIpc) is 2.46. The van der Waals surface area contributed by atoms with Crippen molar-refractivity contribution in [1.29, 1.82) is 0 Å². The number of nitrogens with one attached hydrogen (secondary N) is 1. The first kappa shape index (κ1) is 18.8. The van der Waals surface area contributed by atoms with E-state index in [1.54, 1.807) is 0 Å². The zero-order chi connectivity index (χ0) is 15.4. The van der Waals surface area contributed by atoms with E-state index in [1.165, 1.54) is 5.56 Å². The molecule has 124 valence electrons. The summed E-state index contributed by atoms with van der Waals surface area (Å²) in [5.74, 6) is 0.897. The van der Waals surface area contributed by atoms with Crippen molar-refractivity contribution in [2.75, 3.05) is 26.7 Å². The molecule has 1 aromatic carbocycles. The van der Waals surface area contributed by atoms with Gasteiger partial charge >= 0.3 is 0 Å². The predicted molar refractivity (Wildman–Crippen MR) is 92.1 cm³/mol. The Balaban J connectivity index is 0.00000242. The topological polar surface area (TPSA) is 41.6 Å². The fourth-order valence-corrected chi connectivity index (χ4v) is 3.03. The largest absolute Gasteiger partial charge is 0.483 e. The van der Waals surface area contributed by atoms with Crippen molar-refractivity contribution in [3.8, 4) is 5.75 Å². The molecule has 0 radical (unpaired) electrons. The van der Waals surface area contributed by atoms with Gasteiger partial charge in [0.2, 0.25) is 0 Å². The highest BCUT2D eigenvalue weighted by Crippen LogP contribution is 2.24. The van der Waals surface area contributed by atoms with Crippen LogP contribution in [0.5, 0.6) is 5.75 Å². The van der Waals surface area contributed by atoms with E-state index in [-0.39, 0.29) is 24.9 Å². The monoisotopic (exact) mass is 326 g/mol. The molecule has 1 aliphatic heterocycles. The minimum Gasteiger partial charge on any atom is -0.483 e. The van der Waals surface area contributed by atoms with Gasteiger partial charge in [-0.25, -0.2) is 0 Å². The predicted octanol–water partition coefficient (Wildman–Crippen LogP) is 2.62. The maximum absolute atomic E-state index is 12.3. The van der Waals surface area contributed by atoms with Crippen LogP contribution < -0.4 is 10.1 Å². The van der Waals surface area contributed by atoms with Gasteiger partial charge in [-0.3, -0.25) is 4.79 Å². The summed E-state index contributed by atoms with van der Waals surface area (Å²) >= 11 is 0. The van der Waals surface area contributed by atoms with Gasteiger partial charge in [0, 0.05) is 13.1 Å². The maximum Gasteiger partial charge on any atom is 0.260 e. The number of ether oxygens (including phenoxy) is 1. The molecule has 0 saturated carbocycles. The molecule has 22 heavy (non-hydrogen) atoms. The molecule has 0 aromatic heterocycles. The Labute approximate surface area is 139 Å². The van der Waals surface area contributed by atoms with E-state index < -0.39 is 0 Å². The zero-order valence-corrected chi connectivity index (χ0v) is 14.8. The van der Waals surface area contributed by atoms with Crippen LogP contribution in [0.2, 0.25) is 0 Å². The first-order chi connectivity index (χ1) is 9.99. The van der Waals surface area contributed by atoms with Gasteiger partial charge in [-0.2, -0.15) is 0 Å². The Morgan fingerprint density at radius 3 is 2.32 bits per heavy atom. The van der Waals surface area contributed by atoms with Crippen molar-refractivity contribution >= 4 is 18.3 Å². The van der Waals surface area contributed by atoms with Crippen LogP contribution in [0.25, 0.3) is 0 Å². The van der Waals surface area contributed by atoms with E-state index in [2.05, 4.69) is 24.4 Å². The minimum absolute atomic E-state index is 0. The van der Waals surface area contributed by atoms with Gasteiger partial charge in [0.15, 0.2) is 6.61 Å². The number of hydrogen-bond acceptors (Lipinski definition) is 3. The van der Waals surface area contributed by atoms with E-state index >= 15 is 0 Å². The maximum atomic E-state index is 12.3. The summed E-state index contributed by atoms with van der Waals surface area (Å²) in [5, 5.41) is 3.32. The number of carbonyl (C=O) groups is 1. The molecule has 1 N–H and O–H groups in total. The fourth-order valence-electron chi connectivity index (χ4n) is 3.03. The molecule has 0 bridgehead atoms. The van der Waals surface area contributed by atoms with E-state index in [0.29, 0.717) is 6.04 Å². The Morgan fingerprint density at radius 1 is 1.23 bits per heavy atom. The van der Waals surface area contributed by atoms with Gasteiger partial charge in [0.05, 0.1) is 0 Å². The Bertz CT molecular complexity index is 490. The molecule has 1 heterocycles. The Morgan fingerprint density at radius 2 is 1.77 bits per heavy atom. The Hall–Kier alpha value is -1.26. The van der Waals surface area contributed by atoms with Crippen LogP contribution in [0.3, 0.4) is 0 Å². The van der Waals surface area contributed by atoms with E-state index in [9.17, 15) is 4.79 Å². The third-order valence-electron chi connectivity index (χ3n) is 4.19. The lowest BCUT2D eigenvalue weighted by Gasteiger charge is -2.31. The second-order valence-electron chi connectivity index (χ2n) is 6.00. The molecule has 1 amide bonds. The molecule has 2 rings (SSSR count). The number of benzene rings is 1. The normalized spacial score (nSPS) is 15.1. The van der Waals surface area contributed by atoms with Crippen LogP contribution >= 0.6 is 12.4 Å². The number of hydrogen-bond donors (Lipinski definition) is 1. The number of likely N-dealkylation sites (N-methyl/N-ethyl adjacent to an activating group) is 1. The number of aryl methyl sites for hydroxylation is 3. The summed E-state index contributed by atoms with van der Waals surface area (Å²) < 4.78 is 5.79. The number of amides is 1. The van der Waals surface area contributed by atoms with Gasteiger partial charge in [-0.05, 0) is 57.8 Å². The average molecular weight is 327 g/mol. The molecule has 0 aliphatic carbocycles. The lowest BCUT2D eigenvalue weighted by atomic mass is 10.1. The molecule has 0 spiro atoms. The highest BCUT2D eigenvalue weighted by molar-refractivity contribution is 5.85. The second-order valence-corrected chi connectivity index (χ2v) is 6.00. The van der Waals surface area contributed by atoms with Crippen molar-refractivity contribution < 1.29 is 9.53 Å². The van der Waals surface area contributed by atoms with E-state index in [1.807, 2.05) is 25.8 Å². The van der Waals surface area contributed by atoms with Crippen LogP contribution in [0.4, 0.5) is 0 Å². The van der Waals surface area contributed by atoms with Gasteiger partial charge in [-0.1, -0.05) is 17.7 Å². The quantitative estimate of drug-likeness (QED) is 0.924. The molecular formula is C17H27ClN2O2. The molecule has 1 aliphatic rings. The van der Waals surface area contributed by atoms with Crippen molar-refractivity contribution in [2.24, 2.45) is 0 Å². The van der Waals surface area contributed by atoms with Gasteiger partial charge in [0.25, 0.3) is 5.91 Å². The summed E-state index contributed by atoms with van der Waals surface area (Å²) in [7, 11) is 1.89. The fraction of sp³-hybridized carbons (Fsp3) is 0.588. The van der Waals surface area contributed by atoms with Gasteiger partial charge in [0.1, 0.15) is 5.75 Å². The van der Waals surface area contributed by atoms with Gasteiger partial charge < -0.3 is 15.0 Å². The molecule has 1 fully saturated rings. The summed E-state index contributed by atoms with van der Waals surface area (Å²) in [4.78, 5) is 14.1. The summed E-state index contributed by atoms with van der Waals surface area (Å²) in [6, 6.07) is 4.51. The van der Waals surface area contributed by atoms with Crippen molar-refractivity contribution in [1.82, 2.24) is 10.2 Å². The molecule has 5 heteroatoms. The van der Waals surface area contributed by atoms with Crippen molar-refractivity contribution in [3.05, 3.63) is 28.8 Å². The summed E-state index contributed by atoms with van der Waals surface area (Å²) in [6.45, 7) is 8.20. The van der Waals surface area contributed by atoms with E-state index in [4.69, 9.17) is 4.74 Å². The number of piperidine rings is 1. The van der Waals surface area contributed by atoms with Crippen LogP contribution in [-0.2, 0) is 4.79 Å². The first-order valence-electron chi connectivity index (χ1n) is 7.66. The molecular weight excluding hydrogens is 300 g/mol. The zero-order valence-electron chi connectivity index (χ0n) is 13.9. The number of halogens is 1. The third kappa shape index (κ3) is 4.62. The van der Waals surface area contributed by atoms with Crippen LogP contribution in [0.1, 0.15) is 29.5 Å². The highest BCUT2D eigenvalue weighted by Gasteiger charge is 2.22. The molecule has 0 unspecified atom stereocenters. The van der Waals surface area contributed by atoms with Crippen molar-refractivity contribution in [3.63, 3.8) is 0 Å². The smallest absolute Gasteiger partial charge is 0.260 e. The SMILES string of the molecule is Cc1cc(C)c(OCC(=O)N(C)C2CCNCC2)c(C)c1.Cl. The minimum atomic E-state index is 0. The molecule has 1 aromatic rings. The lowest BCUT2D eigenvalue weighted by molar-refractivity contribution is -0.134. The third-order valence-corrected chi connectivity index (χ3v) is 4.19. The Kier molecular flexibility index (Phi) is 7.17. The molecule has 0 atom stereocenters. The van der Waals surface area contributed by atoms with Crippen LogP contribution in [0, 0.1) is 20.8 Å². The highest BCUT2D eigenvalue weighted by atomic mass is 35.5. The number of nitrogens with zero attached hydrogens (tertiary/aromatic N) is 1. The van der Waals surface area contributed by atoms with Crippen molar-refractivity contribution in [2.45, 2.75) is 39.7 Å². The summed E-state index contributed by atoms with van der Waals surface area (Å²) in [5.41, 5.74) is 3.39. The summed E-state index contributed by atoms with van der Waals surface area (Å²) in [6.07, 6.45) is 2.04. The van der Waals surface area contributed by atoms with Crippen LogP contribution in [0.15, 0.2) is 12.1 Å². The standard InChI is InChI=1S/C17H26N2O2.ClH/c1-12-9-13(2)17(14(3)10-12)21-11-16(20)19(4)15-5-7-18-8-6-15;/h9-10,15,18H,5-8,11H2,1-4H3;1H. The molecule has 4 nitrogen and oxygen atoms in total. The van der Waals surface area contributed by atoms with Crippen LogP contribution in [-0.4, -0.2) is 43.6 Å². The van der Waals surface area contributed by atoms with E-state index in [0.717, 1.165) is 42.8 Å². The van der Waals surface area contributed by atoms with Gasteiger partial charge in [-0.15, -0.1) is 12.4 Å². The molecule has 1 saturated heterocycles. The first-order valence-corrected chi connectivity index (χ1v) is 7.66. The number of carbonyl (C=O) groups excluding carboxylic acids is 1. The number of rotatable bonds is 4. The lowest BCUT2D eigenvalue weighted by Crippen LogP contribution is -2.45. The second kappa shape index (κ2) is 8.39.